The number of carbonyl (C=O) groups is 1. The Balaban J connectivity index is 2.31. The van der Waals surface area contributed by atoms with Gasteiger partial charge < -0.3 is 15.7 Å². The van der Waals surface area contributed by atoms with Crippen molar-refractivity contribution in [2.24, 2.45) is 0 Å². The van der Waals surface area contributed by atoms with Crippen LogP contribution in [0.1, 0.15) is 13.3 Å². The van der Waals surface area contributed by atoms with Crippen LogP contribution in [0.2, 0.25) is 0 Å². The molecule has 2 atom stereocenters. The Hall–Kier alpha value is -0.610. The number of hydrogen-bond donors (Lipinski definition) is 3. The first-order chi connectivity index (χ1) is 5.24. The van der Waals surface area contributed by atoms with E-state index in [1.807, 2.05) is 6.92 Å². The van der Waals surface area contributed by atoms with Crippen LogP contribution < -0.4 is 10.6 Å². The van der Waals surface area contributed by atoms with Crippen LogP contribution in [0, 0.1) is 0 Å². The van der Waals surface area contributed by atoms with Crippen molar-refractivity contribution in [3.05, 3.63) is 0 Å². The summed E-state index contributed by atoms with van der Waals surface area (Å²) >= 11 is 0. The Morgan fingerprint density at radius 1 is 1.82 bits per heavy atom. The summed E-state index contributed by atoms with van der Waals surface area (Å²) in [4.78, 5) is 11.1. The predicted molar refractivity (Wildman–Crippen MR) is 41.1 cm³/mol. The van der Waals surface area contributed by atoms with Gasteiger partial charge in [-0.2, -0.15) is 0 Å². The average Bonchev–Trinajstić information content (AvgIpc) is 2.36. The molecule has 64 valence electrons. The van der Waals surface area contributed by atoms with Crippen LogP contribution in [-0.4, -0.2) is 36.2 Å². The van der Waals surface area contributed by atoms with Crippen LogP contribution in [0.3, 0.4) is 0 Å². The standard InChI is InChI=1S/C7H14N2O2/c1-2-8-7(11)6-3-5(10)4-9-6/h5-6,9-10H,2-4H2,1H3,(H,8,11)/t5-,6-/m1/s1. The molecular weight excluding hydrogens is 144 g/mol. The number of rotatable bonds is 2. The smallest absolute Gasteiger partial charge is 0.237 e. The Morgan fingerprint density at radius 2 is 2.55 bits per heavy atom. The fourth-order valence-electron chi connectivity index (χ4n) is 1.21. The van der Waals surface area contributed by atoms with Gasteiger partial charge in [-0.05, 0) is 13.3 Å². The second-order valence-electron chi connectivity index (χ2n) is 2.74. The minimum absolute atomic E-state index is 0.0101. The first-order valence-electron chi connectivity index (χ1n) is 3.93. The van der Waals surface area contributed by atoms with E-state index in [9.17, 15) is 4.79 Å². The van der Waals surface area contributed by atoms with Gasteiger partial charge >= 0.3 is 0 Å². The van der Waals surface area contributed by atoms with E-state index in [1.165, 1.54) is 0 Å². The van der Waals surface area contributed by atoms with E-state index in [0.717, 1.165) is 0 Å². The predicted octanol–water partition coefficient (Wildman–Crippen LogP) is -1.15. The van der Waals surface area contributed by atoms with E-state index in [0.29, 0.717) is 19.5 Å². The Bertz CT molecular complexity index is 149. The van der Waals surface area contributed by atoms with E-state index >= 15 is 0 Å². The first kappa shape index (κ1) is 8.49. The number of carbonyl (C=O) groups excluding carboxylic acids is 1. The van der Waals surface area contributed by atoms with Crippen molar-refractivity contribution in [2.75, 3.05) is 13.1 Å². The zero-order chi connectivity index (χ0) is 8.27. The lowest BCUT2D eigenvalue weighted by Gasteiger charge is -2.08. The van der Waals surface area contributed by atoms with Crippen LogP contribution >= 0.6 is 0 Å². The van der Waals surface area contributed by atoms with Gasteiger partial charge in [0, 0.05) is 13.1 Å². The average molecular weight is 158 g/mol. The molecule has 4 nitrogen and oxygen atoms in total. The van der Waals surface area contributed by atoms with Crippen molar-refractivity contribution in [1.29, 1.82) is 0 Å². The molecule has 0 saturated carbocycles. The first-order valence-corrected chi connectivity index (χ1v) is 3.93. The molecule has 0 unspecified atom stereocenters. The molecule has 1 saturated heterocycles. The van der Waals surface area contributed by atoms with Crippen molar-refractivity contribution in [2.45, 2.75) is 25.5 Å². The molecule has 0 bridgehead atoms. The number of likely N-dealkylation sites (N-methyl/N-ethyl adjacent to an activating group) is 1. The zero-order valence-electron chi connectivity index (χ0n) is 6.63. The van der Waals surface area contributed by atoms with Gasteiger partial charge in [0.05, 0.1) is 12.1 Å². The molecule has 1 amide bonds. The maximum absolute atomic E-state index is 11.1. The summed E-state index contributed by atoms with van der Waals surface area (Å²) in [6, 6.07) is -0.190. The lowest BCUT2D eigenvalue weighted by atomic mass is 10.2. The molecule has 11 heavy (non-hydrogen) atoms. The summed E-state index contributed by atoms with van der Waals surface area (Å²) in [6.45, 7) is 3.05. The van der Waals surface area contributed by atoms with Gasteiger partial charge in [-0.3, -0.25) is 4.79 Å². The second-order valence-corrected chi connectivity index (χ2v) is 2.74. The molecule has 3 N–H and O–H groups in total. The molecule has 0 aromatic carbocycles. The van der Waals surface area contributed by atoms with Crippen molar-refractivity contribution >= 4 is 5.91 Å². The quantitative estimate of drug-likeness (QED) is 0.475. The largest absolute Gasteiger partial charge is 0.392 e. The highest BCUT2D eigenvalue weighted by molar-refractivity contribution is 5.82. The highest BCUT2D eigenvalue weighted by Gasteiger charge is 2.27. The summed E-state index contributed by atoms with van der Waals surface area (Å²) < 4.78 is 0. The van der Waals surface area contributed by atoms with Gasteiger partial charge in [0.15, 0.2) is 0 Å². The Kier molecular flexibility index (Phi) is 2.84. The van der Waals surface area contributed by atoms with Crippen LogP contribution in [0.15, 0.2) is 0 Å². The third-order valence-electron chi connectivity index (χ3n) is 1.78. The van der Waals surface area contributed by atoms with E-state index in [1.54, 1.807) is 0 Å². The highest BCUT2D eigenvalue weighted by atomic mass is 16.3. The summed E-state index contributed by atoms with van der Waals surface area (Å²) in [5.74, 6) is -0.0101. The number of amides is 1. The summed E-state index contributed by atoms with van der Waals surface area (Å²) in [5.41, 5.74) is 0. The molecule has 0 spiro atoms. The summed E-state index contributed by atoms with van der Waals surface area (Å²) in [7, 11) is 0. The van der Waals surface area contributed by atoms with E-state index in [4.69, 9.17) is 5.11 Å². The molecule has 0 aromatic rings. The molecule has 1 aliphatic rings. The number of hydrogen-bond acceptors (Lipinski definition) is 3. The third kappa shape index (κ3) is 2.17. The summed E-state index contributed by atoms with van der Waals surface area (Å²) in [5, 5.41) is 14.7. The fourth-order valence-corrected chi connectivity index (χ4v) is 1.21. The van der Waals surface area contributed by atoms with Gasteiger partial charge in [0.2, 0.25) is 5.91 Å². The SMILES string of the molecule is CCNC(=O)[C@H]1C[C@@H](O)CN1. The van der Waals surface area contributed by atoms with E-state index in [-0.39, 0.29) is 18.1 Å². The van der Waals surface area contributed by atoms with Gasteiger partial charge in [-0.15, -0.1) is 0 Å². The van der Waals surface area contributed by atoms with Crippen molar-refractivity contribution in [3.8, 4) is 0 Å². The molecule has 4 heteroatoms. The minimum Gasteiger partial charge on any atom is -0.392 e. The number of β-amino-alcohol motifs (C(OH)–C–C–N with tert-alkyl or cyclic N) is 1. The van der Waals surface area contributed by atoms with Crippen LogP contribution in [0.5, 0.6) is 0 Å². The van der Waals surface area contributed by atoms with Gasteiger partial charge in [-0.1, -0.05) is 0 Å². The third-order valence-corrected chi connectivity index (χ3v) is 1.78. The number of aliphatic hydroxyl groups excluding tert-OH is 1. The molecule has 0 radical (unpaired) electrons. The Morgan fingerprint density at radius 3 is 3.00 bits per heavy atom. The molecule has 1 fully saturated rings. The van der Waals surface area contributed by atoms with Gasteiger partial charge in [0.25, 0.3) is 0 Å². The maximum atomic E-state index is 11.1. The van der Waals surface area contributed by atoms with Gasteiger partial charge in [0.1, 0.15) is 0 Å². The van der Waals surface area contributed by atoms with Crippen molar-refractivity contribution in [1.82, 2.24) is 10.6 Å². The Labute approximate surface area is 66.0 Å². The molecule has 1 aliphatic heterocycles. The molecule has 0 aromatic heterocycles. The van der Waals surface area contributed by atoms with Crippen molar-refractivity contribution < 1.29 is 9.90 Å². The second kappa shape index (κ2) is 3.69. The van der Waals surface area contributed by atoms with Crippen molar-refractivity contribution in [3.63, 3.8) is 0 Å². The molecule has 1 rings (SSSR count). The summed E-state index contributed by atoms with van der Waals surface area (Å²) in [6.07, 6.45) is 0.175. The normalized spacial score (nSPS) is 30.4. The molecular formula is C7H14N2O2. The maximum Gasteiger partial charge on any atom is 0.237 e. The molecule has 0 aliphatic carbocycles. The minimum atomic E-state index is -0.359. The lowest BCUT2D eigenvalue weighted by molar-refractivity contribution is -0.122. The van der Waals surface area contributed by atoms with Crippen LogP contribution in [0.4, 0.5) is 0 Å². The monoisotopic (exact) mass is 158 g/mol. The molecule has 1 heterocycles. The number of aliphatic hydroxyl groups is 1. The topological polar surface area (TPSA) is 61.4 Å². The van der Waals surface area contributed by atoms with E-state index < -0.39 is 0 Å². The fraction of sp³-hybridized carbons (Fsp3) is 0.857. The van der Waals surface area contributed by atoms with E-state index in [2.05, 4.69) is 10.6 Å². The number of nitrogens with one attached hydrogen (secondary N) is 2. The lowest BCUT2D eigenvalue weighted by Crippen LogP contribution is -2.40. The highest BCUT2D eigenvalue weighted by Crippen LogP contribution is 2.05. The van der Waals surface area contributed by atoms with Crippen LogP contribution in [0.25, 0.3) is 0 Å². The zero-order valence-corrected chi connectivity index (χ0v) is 6.63. The van der Waals surface area contributed by atoms with Crippen LogP contribution in [-0.2, 0) is 4.79 Å². The van der Waals surface area contributed by atoms with Gasteiger partial charge in [-0.25, -0.2) is 0 Å².